The van der Waals surface area contributed by atoms with Gasteiger partial charge in [-0.05, 0) is 31.2 Å². The van der Waals surface area contributed by atoms with Gasteiger partial charge in [0.25, 0.3) is 5.91 Å². The minimum Gasteiger partial charge on any atom is -0.456 e. The molecule has 1 N–H and O–H groups in total. The Balaban J connectivity index is 1.54. The van der Waals surface area contributed by atoms with E-state index in [9.17, 15) is 9.59 Å². The van der Waals surface area contributed by atoms with Crippen molar-refractivity contribution in [2.75, 3.05) is 31.5 Å². The first kappa shape index (κ1) is 15.1. The molecule has 6 nitrogen and oxygen atoms in total. The lowest BCUT2D eigenvalue weighted by Crippen LogP contribution is -2.51. The fourth-order valence-corrected chi connectivity index (χ4v) is 2.54. The number of amides is 3. The lowest BCUT2D eigenvalue weighted by Gasteiger charge is -2.34. The number of carbonyl (C=O) groups is 2. The van der Waals surface area contributed by atoms with Gasteiger partial charge in [0.15, 0.2) is 5.76 Å². The van der Waals surface area contributed by atoms with Crippen LogP contribution in [0.3, 0.4) is 0 Å². The van der Waals surface area contributed by atoms with Crippen molar-refractivity contribution in [2.24, 2.45) is 0 Å². The summed E-state index contributed by atoms with van der Waals surface area (Å²) in [6.45, 7) is 3.82. The minimum absolute atomic E-state index is 0.124. The number of anilines is 1. The molecule has 2 heterocycles. The number of piperazine rings is 1. The topological polar surface area (TPSA) is 65.8 Å². The lowest BCUT2D eigenvalue weighted by molar-refractivity contribution is 0.0639. The lowest BCUT2D eigenvalue weighted by atomic mass is 10.3. The molecule has 0 spiro atoms. The van der Waals surface area contributed by atoms with Crippen LogP contribution in [0, 0.1) is 6.92 Å². The molecule has 0 bridgehead atoms. The number of nitrogens with one attached hydrogen (secondary N) is 1. The highest BCUT2D eigenvalue weighted by molar-refractivity contribution is 5.92. The summed E-state index contributed by atoms with van der Waals surface area (Å²) in [6.07, 6.45) is 0. The van der Waals surface area contributed by atoms with Crippen LogP contribution >= 0.6 is 0 Å². The van der Waals surface area contributed by atoms with Gasteiger partial charge >= 0.3 is 6.03 Å². The van der Waals surface area contributed by atoms with Gasteiger partial charge in [0.1, 0.15) is 5.76 Å². The van der Waals surface area contributed by atoms with Gasteiger partial charge in [-0.25, -0.2) is 4.79 Å². The fourth-order valence-electron chi connectivity index (χ4n) is 2.54. The average Bonchev–Trinajstić information content (AvgIpc) is 3.02. The van der Waals surface area contributed by atoms with Crippen molar-refractivity contribution in [3.05, 3.63) is 54.0 Å². The fraction of sp³-hybridized carbons (Fsp3) is 0.294. The monoisotopic (exact) mass is 313 g/mol. The zero-order valence-electron chi connectivity index (χ0n) is 13.0. The molecule has 0 aliphatic carbocycles. The third kappa shape index (κ3) is 3.53. The predicted molar refractivity (Wildman–Crippen MR) is 86.4 cm³/mol. The third-order valence-electron chi connectivity index (χ3n) is 3.83. The number of furan rings is 1. The van der Waals surface area contributed by atoms with E-state index in [0.29, 0.717) is 37.7 Å². The van der Waals surface area contributed by atoms with E-state index in [-0.39, 0.29) is 11.9 Å². The smallest absolute Gasteiger partial charge is 0.321 e. The zero-order valence-corrected chi connectivity index (χ0v) is 13.0. The van der Waals surface area contributed by atoms with Gasteiger partial charge in [-0.2, -0.15) is 0 Å². The summed E-state index contributed by atoms with van der Waals surface area (Å²) in [5.41, 5.74) is 0.766. The maximum atomic E-state index is 12.3. The highest BCUT2D eigenvalue weighted by Gasteiger charge is 2.26. The minimum atomic E-state index is -0.142. The van der Waals surface area contributed by atoms with Crippen LogP contribution < -0.4 is 5.32 Å². The van der Waals surface area contributed by atoms with E-state index in [2.05, 4.69) is 5.32 Å². The molecule has 6 heteroatoms. The van der Waals surface area contributed by atoms with Crippen LogP contribution in [0.4, 0.5) is 10.5 Å². The molecule has 23 heavy (non-hydrogen) atoms. The summed E-state index contributed by atoms with van der Waals surface area (Å²) < 4.78 is 5.37. The van der Waals surface area contributed by atoms with Gasteiger partial charge in [-0.3, -0.25) is 4.79 Å². The van der Waals surface area contributed by atoms with E-state index in [0.717, 1.165) is 5.69 Å². The van der Waals surface area contributed by atoms with Gasteiger partial charge in [0, 0.05) is 31.9 Å². The molecule has 3 rings (SSSR count). The average molecular weight is 313 g/mol. The van der Waals surface area contributed by atoms with Crippen molar-refractivity contribution in [3.63, 3.8) is 0 Å². The van der Waals surface area contributed by atoms with E-state index in [1.165, 1.54) is 0 Å². The second-order valence-electron chi connectivity index (χ2n) is 5.49. The van der Waals surface area contributed by atoms with Crippen LogP contribution in [-0.2, 0) is 0 Å². The first-order chi connectivity index (χ1) is 11.1. The number of nitrogens with zero attached hydrogens (tertiary/aromatic N) is 2. The zero-order chi connectivity index (χ0) is 16.2. The van der Waals surface area contributed by atoms with Gasteiger partial charge in [-0.1, -0.05) is 18.2 Å². The highest BCUT2D eigenvalue weighted by atomic mass is 16.3. The maximum absolute atomic E-state index is 12.3. The second-order valence-corrected chi connectivity index (χ2v) is 5.49. The molecule has 1 aliphatic rings. The maximum Gasteiger partial charge on any atom is 0.321 e. The Kier molecular flexibility index (Phi) is 4.32. The number of aryl methyl sites for hydroxylation is 1. The molecular weight excluding hydrogens is 294 g/mol. The van der Waals surface area contributed by atoms with Gasteiger partial charge in [0.2, 0.25) is 0 Å². The number of hydrogen-bond donors (Lipinski definition) is 1. The number of para-hydroxylation sites is 1. The summed E-state index contributed by atoms with van der Waals surface area (Å²) in [7, 11) is 0. The van der Waals surface area contributed by atoms with Gasteiger partial charge in [-0.15, -0.1) is 0 Å². The molecule has 1 aromatic carbocycles. The third-order valence-corrected chi connectivity index (χ3v) is 3.83. The summed E-state index contributed by atoms with van der Waals surface area (Å²) >= 11 is 0. The molecule has 0 saturated carbocycles. The van der Waals surface area contributed by atoms with Crippen molar-refractivity contribution < 1.29 is 14.0 Å². The Hall–Kier alpha value is -2.76. The van der Waals surface area contributed by atoms with E-state index in [4.69, 9.17) is 4.42 Å². The van der Waals surface area contributed by atoms with Crippen LogP contribution in [0.1, 0.15) is 16.3 Å². The number of benzene rings is 1. The molecule has 2 aromatic rings. The Morgan fingerprint density at radius 2 is 1.61 bits per heavy atom. The van der Waals surface area contributed by atoms with Crippen molar-refractivity contribution in [2.45, 2.75) is 6.92 Å². The first-order valence-corrected chi connectivity index (χ1v) is 7.60. The quantitative estimate of drug-likeness (QED) is 0.926. The van der Waals surface area contributed by atoms with E-state index in [1.54, 1.807) is 21.9 Å². The summed E-state index contributed by atoms with van der Waals surface area (Å²) in [6, 6.07) is 12.7. The number of urea groups is 1. The largest absolute Gasteiger partial charge is 0.456 e. The van der Waals surface area contributed by atoms with Gasteiger partial charge in [0.05, 0.1) is 0 Å². The Bertz CT molecular complexity index is 688. The molecule has 1 fully saturated rings. The van der Waals surface area contributed by atoms with Crippen LogP contribution in [0.2, 0.25) is 0 Å². The van der Waals surface area contributed by atoms with E-state index < -0.39 is 0 Å². The Morgan fingerprint density at radius 1 is 0.957 bits per heavy atom. The van der Waals surface area contributed by atoms with Crippen molar-refractivity contribution >= 4 is 17.6 Å². The molecule has 1 aromatic heterocycles. The van der Waals surface area contributed by atoms with Gasteiger partial charge < -0.3 is 19.5 Å². The summed E-state index contributed by atoms with van der Waals surface area (Å²) in [5.74, 6) is 0.945. The molecule has 3 amide bonds. The molecule has 1 saturated heterocycles. The summed E-state index contributed by atoms with van der Waals surface area (Å²) in [5, 5.41) is 2.86. The van der Waals surface area contributed by atoms with Crippen molar-refractivity contribution in [1.82, 2.24) is 9.80 Å². The van der Waals surface area contributed by atoms with E-state index in [1.807, 2.05) is 37.3 Å². The number of carbonyl (C=O) groups excluding carboxylic acids is 2. The SMILES string of the molecule is Cc1ccc(C(=O)N2CCN(C(=O)Nc3ccccc3)CC2)o1. The van der Waals surface area contributed by atoms with Crippen molar-refractivity contribution in [3.8, 4) is 0 Å². The number of hydrogen-bond acceptors (Lipinski definition) is 3. The Labute approximate surface area is 134 Å². The van der Waals surface area contributed by atoms with Crippen molar-refractivity contribution in [1.29, 1.82) is 0 Å². The van der Waals surface area contributed by atoms with E-state index >= 15 is 0 Å². The first-order valence-electron chi connectivity index (χ1n) is 7.60. The molecular formula is C17H19N3O3. The normalized spacial score (nSPS) is 14.7. The van der Waals surface area contributed by atoms with Crippen LogP contribution in [0.15, 0.2) is 46.9 Å². The second kappa shape index (κ2) is 6.56. The Morgan fingerprint density at radius 3 is 2.22 bits per heavy atom. The molecule has 120 valence electrons. The molecule has 0 atom stereocenters. The summed E-state index contributed by atoms with van der Waals surface area (Å²) in [4.78, 5) is 27.9. The molecule has 0 unspecified atom stereocenters. The van der Waals surface area contributed by atoms with Crippen LogP contribution in [0.25, 0.3) is 0 Å². The number of rotatable bonds is 2. The van der Waals surface area contributed by atoms with Crippen LogP contribution in [-0.4, -0.2) is 47.9 Å². The van der Waals surface area contributed by atoms with Crippen LogP contribution in [0.5, 0.6) is 0 Å². The standard InChI is InChI=1S/C17H19N3O3/c1-13-7-8-15(23-13)16(21)19-9-11-20(12-10-19)17(22)18-14-5-3-2-4-6-14/h2-8H,9-12H2,1H3,(H,18,22). The molecule has 1 aliphatic heterocycles. The molecule has 0 radical (unpaired) electrons. The predicted octanol–water partition coefficient (Wildman–Crippen LogP) is 2.58. The highest BCUT2D eigenvalue weighted by Crippen LogP contribution is 2.13.